The van der Waals surface area contributed by atoms with Gasteiger partial charge in [0.1, 0.15) is 13.2 Å². The number of anilines is 2. The van der Waals surface area contributed by atoms with Gasteiger partial charge in [-0.25, -0.2) is 14.5 Å². The van der Waals surface area contributed by atoms with Gasteiger partial charge < -0.3 is 42.6 Å². The first kappa shape index (κ1) is 51.8. The Kier molecular flexibility index (Phi) is 14.7. The molecule has 1 saturated carbocycles. The number of rotatable bonds is 18. The second kappa shape index (κ2) is 21.0. The Bertz CT molecular complexity index is 2820. The van der Waals surface area contributed by atoms with Crippen LogP contribution in [0.1, 0.15) is 92.0 Å². The van der Waals surface area contributed by atoms with E-state index in [1.54, 1.807) is 41.6 Å². The Balaban J connectivity index is 0.893. The van der Waals surface area contributed by atoms with E-state index in [2.05, 4.69) is 57.2 Å². The number of benzene rings is 3. The molecule has 2 fully saturated rings. The van der Waals surface area contributed by atoms with Gasteiger partial charge in [0.05, 0.1) is 86.6 Å². The predicted octanol–water partition coefficient (Wildman–Crippen LogP) is 9.80. The number of methoxy groups -OCH3 is 2. The maximum Gasteiger partial charge on any atom is 0.416 e. The fourth-order valence-electron chi connectivity index (χ4n) is 9.98. The van der Waals surface area contributed by atoms with Crippen LogP contribution in [0, 0.1) is 5.41 Å². The van der Waals surface area contributed by atoms with Crippen LogP contribution in [0.4, 0.5) is 21.0 Å². The number of nitrogens with zero attached hydrogens (tertiary/aromatic N) is 7. The summed E-state index contributed by atoms with van der Waals surface area (Å²) in [5.41, 5.74) is 3.97. The van der Waals surface area contributed by atoms with E-state index in [9.17, 15) is 19.2 Å². The SMILES string of the molecule is C=CCOC(=O)N1C[C@@H]2CC(c3ccc(-n4nccn4)cc3)=CN2C(=O)c2cc(OC)c(OCCCCCOc3cc4c(cc3OC)C(=O)N3CC5(CC5)C[C@H]3C(O[Si](C)(C)C(C)(C)C)N4C(=O)OCC=C)cc21. The normalized spacial score (nSPS) is 19.6. The van der Waals surface area contributed by atoms with Gasteiger partial charge in [0, 0.05) is 24.9 Å². The molecule has 1 saturated heterocycles. The molecule has 0 N–H and O–H groups in total. The van der Waals surface area contributed by atoms with Gasteiger partial charge in [0.25, 0.3) is 11.8 Å². The van der Waals surface area contributed by atoms with Crippen LogP contribution in [-0.4, -0.2) is 129 Å². The van der Waals surface area contributed by atoms with Crippen LogP contribution in [0.5, 0.6) is 23.0 Å². The molecular weight excluding hydrogens is 963 g/mol. The Hall–Kier alpha value is -7.12. The van der Waals surface area contributed by atoms with Gasteiger partial charge in [-0.1, -0.05) is 58.2 Å². The molecule has 392 valence electrons. The molecule has 1 aromatic heterocycles. The summed E-state index contributed by atoms with van der Waals surface area (Å²) < 4.78 is 42.8. The second-order valence-corrected chi connectivity index (χ2v) is 25.8. The van der Waals surface area contributed by atoms with E-state index in [0.29, 0.717) is 85.4 Å². The Labute approximate surface area is 433 Å². The first-order valence-corrected chi connectivity index (χ1v) is 28.2. The number of fused-ring (bicyclic) bond motifs is 4. The summed E-state index contributed by atoms with van der Waals surface area (Å²) in [7, 11) is 0.504. The van der Waals surface area contributed by atoms with Crippen LogP contribution in [0.2, 0.25) is 18.1 Å². The zero-order valence-corrected chi connectivity index (χ0v) is 44.5. The smallest absolute Gasteiger partial charge is 0.416 e. The Morgan fingerprint density at radius 3 is 1.97 bits per heavy atom. The van der Waals surface area contributed by atoms with Crippen LogP contribution < -0.4 is 28.7 Å². The van der Waals surface area contributed by atoms with Crippen molar-refractivity contribution in [2.75, 3.05) is 63.5 Å². The minimum Gasteiger partial charge on any atom is -0.493 e. The molecule has 5 heterocycles. The lowest BCUT2D eigenvalue weighted by atomic mass is 10.0. The molecule has 19 heteroatoms. The van der Waals surface area contributed by atoms with E-state index in [0.717, 1.165) is 36.1 Å². The monoisotopic (exact) mass is 1030 g/mol. The molecular formula is C55H67N7O11Si. The molecule has 4 aromatic rings. The van der Waals surface area contributed by atoms with E-state index < -0.39 is 26.7 Å². The highest BCUT2D eigenvalue weighted by Gasteiger charge is 2.60. The van der Waals surface area contributed by atoms with Gasteiger partial charge in [0.15, 0.2) is 37.5 Å². The average Bonchev–Trinajstić information content (AvgIpc) is 3.69. The maximum absolute atomic E-state index is 14.6. The molecule has 1 spiro atoms. The predicted molar refractivity (Wildman–Crippen MR) is 281 cm³/mol. The van der Waals surface area contributed by atoms with Crippen LogP contribution in [0.25, 0.3) is 11.3 Å². The number of ether oxygens (including phenoxy) is 6. The first-order valence-electron chi connectivity index (χ1n) is 25.3. The van der Waals surface area contributed by atoms with E-state index in [-0.39, 0.29) is 59.7 Å². The summed E-state index contributed by atoms with van der Waals surface area (Å²) in [6.07, 6.45) is 11.3. The van der Waals surface area contributed by atoms with Gasteiger partial charge in [-0.05, 0) is 104 Å². The minimum absolute atomic E-state index is 0.00812. The van der Waals surface area contributed by atoms with Crippen molar-refractivity contribution in [2.45, 2.75) is 102 Å². The topological polar surface area (TPSA) is 177 Å². The highest BCUT2D eigenvalue weighted by atomic mass is 28.4. The zero-order chi connectivity index (χ0) is 52.5. The fourth-order valence-corrected chi connectivity index (χ4v) is 11.2. The van der Waals surface area contributed by atoms with Crippen molar-refractivity contribution >= 4 is 49.3 Å². The van der Waals surface area contributed by atoms with Gasteiger partial charge in [-0.3, -0.25) is 14.5 Å². The summed E-state index contributed by atoms with van der Waals surface area (Å²) in [6, 6.07) is 13.7. The highest BCUT2D eigenvalue weighted by molar-refractivity contribution is 6.74. The molecule has 3 aromatic carbocycles. The summed E-state index contributed by atoms with van der Waals surface area (Å²) in [5.74, 6) is 0.966. The molecule has 1 unspecified atom stereocenters. The first-order chi connectivity index (χ1) is 35.5. The number of hydrogen-bond acceptors (Lipinski definition) is 13. The van der Waals surface area contributed by atoms with Crippen molar-refractivity contribution in [1.29, 1.82) is 0 Å². The Morgan fingerprint density at radius 2 is 1.39 bits per heavy atom. The number of aromatic nitrogens is 3. The summed E-state index contributed by atoms with van der Waals surface area (Å²) in [6.45, 7) is 19.5. The molecule has 9 rings (SSSR count). The van der Waals surface area contributed by atoms with Crippen molar-refractivity contribution in [1.82, 2.24) is 24.8 Å². The van der Waals surface area contributed by atoms with E-state index in [1.807, 2.05) is 35.4 Å². The molecule has 3 atom stereocenters. The Morgan fingerprint density at radius 1 is 0.797 bits per heavy atom. The largest absolute Gasteiger partial charge is 0.493 e. The van der Waals surface area contributed by atoms with Gasteiger partial charge in [0.2, 0.25) is 0 Å². The van der Waals surface area contributed by atoms with Gasteiger partial charge in [-0.2, -0.15) is 15.0 Å². The van der Waals surface area contributed by atoms with Gasteiger partial charge in [-0.15, -0.1) is 0 Å². The lowest BCUT2D eigenvalue weighted by molar-refractivity contribution is 0.0528. The number of carbonyl (C=O) groups is 4. The molecule has 18 nitrogen and oxygen atoms in total. The highest BCUT2D eigenvalue weighted by Crippen LogP contribution is 2.58. The molecule has 0 bridgehead atoms. The number of unbranched alkanes of at least 4 members (excludes halogenated alkanes) is 2. The molecule has 4 amide bonds. The van der Waals surface area contributed by atoms with Crippen LogP contribution >= 0.6 is 0 Å². The third-order valence-electron chi connectivity index (χ3n) is 15.2. The quantitative estimate of drug-likeness (QED) is 0.0523. The third-order valence-corrected chi connectivity index (χ3v) is 19.6. The number of hydrogen-bond donors (Lipinski definition) is 0. The maximum atomic E-state index is 14.6. The minimum atomic E-state index is -2.53. The molecule has 1 aliphatic carbocycles. The fraction of sp³-hybridized carbons (Fsp3) is 0.455. The van der Waals surface area contributed by atoms with E-state index >= 15 is 0 Å². The van der Waals surface area contributed by atoms with Crippen molar-refractivity contribution in [3.63, 3.8) is 0 Å². The van der Waals surface area contributed by atoms with Gasteiger partial charge >= 0.3 is 12.2 Å². The molecule has 4 aliphatic heterocycles. The molecule has 5 aliphatic rings. The summed E-state index contributed by atoms with van der Waals surface area (Å²) in [5, 5.41) is 8.22. The lowest BCUT2D eigenvalue weighted by Crippen LogP contribution is -2.58. The summed E-state index contributed by atoms with van der Waals surface area (Å²) >= 11 is 0. The van der Waals surface area contributed by atoms with Crippen molar-refractivity contribution < 1.29 is 52.0 Å². The van der Waals surface area contributed by atoms with E-state index in [4.69, 9.17) is 32.8 Å². The average molecular weight is 1030 g/mol. The van der Waals surface area contributed by atoms with Crippen LogP contribution in [0.15, 0.2) is 92.4 Å². The van der Waals surface area contributed by atoms with Crippen LogP contribution in [0.3, 0.4) is 0 Å². The van der Waals surface area contributed by atoms with Crippen molar-refractivity contribution in [3.8, 4) is 28.7 Å². The lowest BCUT2D eigenvalue weighted by Gasteiger charge is -2.44. The van der Waals surface area contributed by atoms with Crippen LogP contribution in [-0.2, 0) is 13.9 Å². The standard InChI is InChI=1S/C55H67N7O11Si/c1-10-23-71-52(65)59-34-39-27-37(36-15-17-38(18-16-36)62-56-21-22-57-62)33-58(39)49(63)40-28-45(67-6)47(30-42(40)59)69-25-13-12-14-26-70-48-31-43-41(29-46(48)68-7)50(64)60-35-55(19-20-55)32-44(60)51(61(43)53(66)72-24-11-2)73-74(8,9)54(3,4)5/h10-11,15-18,21-22,28-31,33,39,44,51H,1-2,12-14,19-20,23-27,32,34-35H2,3-9H3/t39-,44-,51?/m0/s1. The van der Waals surface area contributed by atoms with Crippen molar-refractivity contribution in [2.24, 2.45) is 5.41 Å². The molecule has 0 radical (unpaired) electrons. The van der Waals surface area contributed by atoms with E-state index in [1.165, 1.54) is 41.0 Å². The third kappa shape index (κ3) is 10.2. The number of carbonyl (C=O) groups excluding carboxylic acids is 4. The second-order valence-electron chi connectivity index (χ2n) is 21.1. The van der Waals surface area contributed by atoms with Crippen molar-refractivity contribution in [3.05, 3.63) is 109 Å². The molecule has 74 heavy (non-hydrogen) atoms. The summed E-state index contributed by atoms with van der Waals surface area (Å²) in [4.78, 5) is 65.2. The zero-order valence-electron chi connectivity index (χ0n) is 43.5. The number of amides is 4.